The van der Waals surface area contributed by atoms with Crippen LogP contribution in [0.2, 0.25) is 0 Å². The molecule has 0 aliphatic heterocycles. The van der Waals surface area contributed by atoms with Crippen molar-refractivity contribution in [3.05, 3.63) is 52.4 Å². The zero-order valence-electron chi connectivity index (χ0n) is 14.1. The fourth-order valence-corrected chi connectivity index (χ4v) is 3.67. The molecular formula is C18H22N2O2S2. The van der Waals surface area contributed by atoms with Crippen LogP contribution < -0.4 is 10.6 Å². The van der Waals surface area contributed by atoms with Crippen LogP contribution >= 0.6 is 23.6 Å². The average molecular weight is 363 g/mol. The number of carbonyl (C=O) groups excluding carboxylic acids is 1. The molecule has 2 aromatic rings. The topological polar surface area (TPSA) is 50.4 Å². The maximum Gasteiger partial charge on any atom is 0.341 e. The largest absolute Gasteiger partial charge is 0.462 e. The van der Waals surface area contributed by atoms with Crippen molar-refractivity contribution in [2.45, 2.75) is 33.2 Å². The van der Waals surface area contributed by atoms with E-state index in [1.54, 1.807) is 6.92 Å². The highest BCUT2D eigenvalue weighted by Crippen LogP contribution is 2.30. The lowest BCUT2D eigenvalue weighted by molar-refractivity contribution is 0.0528. The monoisotopic (exact) mass is 362 g/mol. The number of ether oxygens (including phenoxy) is 1. The molecule has 6 heteroatoms. The molecule has 0 radical (unpaired) electrons. The minimum absolute atomic E-state index is 0.222. The van der Waals surface area contributed by atoms with Gasteiger partial charge in [0.05, 0.1) is 12.2 Å². The molecule has 0 atom stereocenters. The van der Waals surface area contributed by atoms with Crippen LogP contribution in [0.4, 0.5) is 5.00 Å². The van der Waals surface area contributed by atoms with E-state index in [4.69, 9.17) is 17.0 Å². The summed E-state index contributed by atoms with van der Waals surface area (Å²) in [7, 11) is 0. The molecule has 1 heterocycles. The van der Waals surface area contributed by atoms with E-state index in [2.05, 4.69) is 22.8 Å². The minimum Gasteiger partial charge on any atom is -0.462 e. The molecule has 4 nitrogen and oxygen atoms in total. The molecule has 1 aromatic heterocycles. The number of hydrogen-bond acceptors (Lipinski definition) is 4. The molecule has 0 aliphatic rings. The van der Waals surface area contributed by atoms with E-state index in [-0.39, 0.29) is 12.0 Å². The van der Waals surface area contributed by atoms with E-state index in [0.29, 0.717) is 17.3 Å². The van der Waals surface area contributed by atoms with Gasteiger partial charge in [-0.2, -0.15) is 0 Å². The first-order chi connectivity index (χ1) is 11.5. The van der Waals surface area contributed by atoms with Gasteiger partial charge in [0.2, 0.25) is 0 Å². The van der Waals surface area contributed by atoms with E-state index in [9.17, 15) is 4.79 Å². The third-order valence-electron chi connectivity index (χ3n) is 3.15. The van der Waals surface area contributed by atoms with Crippen molar-refractivity contribution >= 4 is 39.6 Å². The fraction of sp³-hybridized carbons (Fsp3) is 0.333. The molecule has 2 N–H and O–H groups in total. The fourth-order valence-electron chi connectivity index (χ4n) is 2.18. The van der Waals surface area contributed by atoms with Crippen LogP contribution in [0, 0.1) is 0 Å². The van der Waals surface area contributed by atoms with Crippen molar-refractivity contribution in [3.63, 3.8) is 0 Å². The molecule has 0 aliphatic carbocycles. The molecule has 128 valence electrons. The van der Waals surface area contributed by atoms with Gasteiger partial charge in [0.1, 0.15) is 5.00 Å². The van der Waals surface area contributed by atoms with Gasteiger partial charge in [-0.3, -0.25) is 0 Å². The van der Waals surface area contributed by atoms with Crippen LogP contribution in [0.5, 0.6) is 0 Å². The smallest absolute Gasteiger partial charge is 0.341 e. The number of anilines is 1. The molecule has 24 heavy (non-hydrogen) atoms. The molecule has 0 amide bonds. The summed E-state index contributed by atoms with van der Waals surface area (Å²) >= 11 is 6.82. The van der Waals surface area contributed by atoms with Crippen LogP contribution in [0.3, 0.4) is 0 Å². The predicted octanol–water partition coefficient (Wildman–Crippen LogP) is 4.21. The summed E-state index contributed by atoms with van der Waals surface area (Å²) in [6.07, 6.45) is 0.768. The molecule has 0 fully saturated rings. The van der Waals surface area contributed by atoms with Gasteiger partial charge >= 0.3 is 5.97 Å². The average Bonchev–Trinajstić information content (AvgIpc) is 2.90. The summed E-state index contributed by atoms with van der Waals surface area (Å²) < 4.78 is 5.16. The summed E-state index contributed by atoms with van der Waals surface area (Å²) in [6, 6.07) is 12.3. The molecule has 1 aromatic carbocycles. The molecule has 2 rings (SSSR count). The molecule has 0 bridgehead atoms. The van der Waals surface area contributed by atoms with Gasteiger partial charge in [0.15, 0.2) is 5.11 Å². The predicted molar refractivity (Wildman–Crippen MR) is 104 cm³/mol. The Kier molecular flexibility index (Phi) is 6.75. The zero-order valence-corrected chi connectivity index (χ0v) is 15.7. The van der Waals surface area contributed by atoms with Crippen LogP contribution in [0.1, 0.15) is 41.6 Å². The minimum atomic E-state index is -0.331. The second kappa shape index (κ2) is 8.80. The highest BCUT2D eigenvalue weighted by Gasteiger charge is 2.18. The van der Waals surface area contributed by atoms with E-state index in [0.717, 1.165) is 16.3 Å². The van der Waals surface area contributed by atoms with Crippen molar-refractivity contribution in [2.24, 2.45) is 0 Å². The number of thiocarbonyl (C=S) groups is 1. The lowest BCUT2D eigenvalue weighted by Crippen LogP contribution is -2.34. The maximum absolute atomic E-state index is 12.2. The Morgan fingerprint density at radius 3 is 2.62 bits per heavy atom. The van der Waals surface area contributed by atoms with Gasteiger partial charge in [-0.25, -0.2) is 4.79 Å². The van der Waals surface area contributed by atoms with Crippen molar-refractivity contribution in [1.82, 2.24) is 5.32 Å². The molecule has 0 saturated carbocycles. The second-order valence-corrected chi connectivity index (χ2v) is 7.14. The Bertz CT molecular complexity index is 696. The summed E-state index contributed by atoms with van der Waals surface area (Å²) in [6.45, 7) is 6.16. The number of rotatable bonds is 6. The van der Waals surface area contributed by atoms with E-state index in [1.165, 1.54) is 16.9 Å². The van der Waals surface area contributed by atoms with E-state index >= 15 is 0 Å². The Morgan fingerprint density at radius 2 is 2.00 bits per heavy atom. The third kappa shape index (κ3) is 5.32. The zero-order chi connectivity index (χ0) is 17.5. The van der Waals surface area contributed by atoms with Gasteiger partial charge in [-0.05, 0) is 44.6 Å². The number of nitrogens with one attached hydrogen (secondary N) is 2. The Labute approximate surface area is 152 Å². The normalized spacial score (nSPS) is 10.5. The third-order valence-corrected chi connectivity index (χ3v) is 4.42. The van der Waals surface area contributed by atoms with Crippen molar-refractivity contribution < 1.29 is 9.53 Å². The van der Waals surface area contributed by atoms with Crippen LogP contribution in [-0.2, 0) is 11.2 Å². The highest BCUT2D eigenvalue weighted by atomic mass is 32.1. The molecule has 0 unspecified atom stereocenters. The Hall–Kier alpha value is -1.92. The number of benzene rings is 1. The lowest BCUT2D eigenvalue weighted by atomic mass is 10.1. The number of hydrogen-bond donors (Lipinski definition) is 2. The summed E-state index contributed by atoms with van der Waals surface area (Å²) in [5, 5.41) is 7.47. The van der Waals surface area contributed by atoms with Crippen molar-refractivity contribution in [2.75, 3.05) is 11.9 Å². The van der Waals surface area contributed by atoms with Crippen molar-refractivity contribution in [3.8, 4) is 0 Å². The van der Waals surface area contributed by atoms with Gasteiger partial charge in [0, 0.05) is 17.3 Å². The van der Waals surface area contributed by atoms with Crippen LogP contribution in [0.15, 0.2) is 36.4 Å². The summed E-state index contributed by atoms with van der Waals surface area (Å²) in [4.78, 5) is 13.3. The van der Waals surface area contributed by atoms with Crippen molar-refractivity contribution in [1.29, 1.82) is 0 Å². The summed E-state index contributed by atoms with van der Waals surface area (Å²) in [5.74, 6) is -0.331. The van der Waals surface area contributed by atoms with Gasteiger partial charge < -0.3 is 15.4 Å². The SMILES string of the molecule is CCOC(=O)c1cc(Cc2ccccc2)sc1NC(=S)NC(C)C. The Morgan fingerprint density at radius 1 is 1.29 bits per heavy atom. The van der Waals surface area contributed by atoms with Crippen LogP contribution in [0.25, 0.3) is 0 Å². The van der Waals surface area contributed by atoms with E-state index in [1.807, 2.05) is 38.1 Å². The van der Waals surface area contributed by atoms with Gasteiger partial charge in [0.25, 0.3) is 0 Å². The molecule has 0 spiro atoms. The van der Waals surface area contributed by atoms with Gasteiger partial charge in [-0.15, -0.1) is 11.3 Å². The first-order valence-corrected chi connectivity index (χ1v) is 9.13. The lowest BCUT2D eigenvalue weighted by Gasteiger charge is -2.12. The molecule has 0 saturated heterocycles. The van der Waals surface area contributed by atoms with Crippen LogP contribution in [-0.4, -0.2) is 23.7 Å². The second-order valence-electron chi connectivity index (χ2n) is 5.59. The van der Waals surface area contributed by atoms with E-state index < -0.39 is 0 Å². The highest BCUT2D eigenvalue weighted by molar-refractivity contribution is 7.80. The Balaban J connectivity index is 2.22. The number of thiophene rings is 1. The standard InChI is InChI=1S/C18H22N2O2S2/c1-4-22-17(21)15-11-14(10-13-8-6-5-7-9-13)24-16(15)20-18(23)19-12(2)3/h5-9,11-12H,4,10H2,1-3H3,(H2,19,20,23). The first kappa shape index (κ1) is 18.4. The maximum atomic E-state index is 12.2. The quantitative estimate of drug-likeness (QED) is 0.595. The number of esters is 1. The first-order valence-electron chi connectivity index (χ1n) is 7.90. The number of carbonyl (C=O) groups is 1. The summed E-state index contributed by atoms with van der Waals surface area (Å²) in [5.41, 5.74) is 1.73. The molecular weight excluding hydrogens is 340 g/mol. The van der Waals surface area contributed by atoms with Gasteiger partial charge in [-0.1, -0.05) is 30.3 Å².